The molecule has 0 spiro atoms. The molecule has 0 radical (unpaired) electrons. The number of nitrogens with zero attached hydrogens (tertiary/aromatic N) is 1. The molecule has 0 aliphatic carbocycles. The fraction of sp³-hybridized carbons (Fsp3) is 0.333. The molecular formula is C9H10FNO. The number of hydrogen-bond donors (Lipinski definition) is 0. The first-order chi connectivity index (χ1) is 5.84. The van der Waals surface area contributed by atoms with Gasteiger partial charge in [-0.15, -0.1) is 0 Å². The Kier molecular flexibility index (Phi) is 3.38. The zero-order valence-electron chi connectivity index (χ0n) is 6.66. The predicted molar refractivity (Wildman–Crippen MR) is 43.2 cm³/mol. The lowest BCUT2D eigenvalue weighted by Crippen LogP contribution is -1.91. The summed E-state index contributed by atoms with van der Waals surface area (Å²) in [5.74, 6) is -0.289. The molecule has 0 atom stereocenters. The molecular weight excluding hydrogens is 157 g/mol. The summed E-state index contributed by atoms with van der Waals surface area (Å²) >= 11 is 0. The maximum Gasteiger partial charge on any atom is 0.144 e. The maximum atomic E-state index is 12.9. The number of unbranched alkanes of at least 4 members (excludes halogenated alkanes) is 1. The number of aldehydes is 1. The van der Waals surface area contributed by atoms with Crippen LogP contribution >= 0.6 is 0 Å². The van der Waals surface area contributed by atoms with E-state index in [0.717, 1.165) is 6.29 Å². The number of rotatable bonds is 4. The zero-order valence-corrected chi connectivity index (χ0v) is 6.66. The van der Waals surface area contributed by atoms with E-state index in [0.29, 0.717) is 24.8 Å². The van der Waals surface area contributed by atoms with E-state index >= 15 is 0 Å². The summed E-state index contributed by atoms with van der Waals surface area (Å²) in [5.41, 5.74) is 0.631. The van der Waals surface area contributed by atoms with Crippen LogP contribution in [0.3, 0.4) is 0 Å². The molecule has 0 bridgehead atoms. The Morgan fingerprint density at radius 3 is 3.08 bits per heavy atom. The fourth-order valence-corrected chi connectivity index (χ4v) is 0.983. The SMILES string of the molecule is O=CCCCc1ccncc1F. The van der Waals surface area contributed by atoms with Gasteiger partial charge in [-0.05, 0) is 24.5 Å². The van der Waals surface area contributed by atoms with Crippen LogP contribution in [-0.2, 0) is 11.2 Å². The molecule has 0 saturated heterocycles. The van der Waals surface area contributed by atoms with Crippen molar-refractivity contribution in [1.29, 1.82) is 0 Å². The van der Waals surface area contributed by atoms with Crippen molar-refractivity contribution in [3.63, 3.8) is 0 Å². The molecule has 1 aromatic rings. The normalized spacial score (nSPS) is 9.75. The van der Waals surface area contributed by atoms with Gasteiger partial charge in [-0.3, -0.25) is 4.98 Å². The molecule has 1 heterocycles. The quantitative estimate of drug-likeness (QED) is 0.505. The van der Waals surface area contributed by atoms with E-state index in [1.165, 1.54) is 6.20 Å². The molecule has 0 saturated carbocycles. The molecule has 0 N–H and O–H groups in total. The van der Waals surface area contributed by atoms with E-state index in [-0.39, 0.29) is 5.82 Å². The minimum absolute atomic E-state index is 0.289. The van der Waals surface area contributed by atoms with Crippen molar-refractivity contribution in [1.82, 2.24) is 4.98 Å². The minimum atomic E-state index is -0.289. The standard InChI is InChI=1S/C9H10FNO/c10-9-7-11-5-4-8(9)3-1-2-6-12/h4-7H,1-3H2. The van der Waals surface area contributed by atoms with E-state index < -0.39 is 0 Å². The van der Waals surface area contributed by atoms with Crippen molar-refractivity contribution in [3.8, 4) is 0 Å². The minimum Gasteiger partial charge on any atom is -0.303 e. The van der Waals surface area contributed by atoms with Gasteiger partial charge in [-0.2, -0.15) is 0 Å². The molecule has 64 valence electrons. The molecule has 3 heteroatoms. The van der Waals surface area contributed by atoms with Gasteiger partial charge < -0.3 is 4.79 Å². The van der Waals surface area contributed by atoms with Crippen LogP contribution in [-0.4, -0.2) is 11.3 Å². The lowest BCUT2D eigenvalue weighted by molar-refractivity contribution is -0.107. The molecule has 0 aliphatic heterocycles. The predicted octanol–water partition coefficient (Wildman–Crippen LogP) is 1.74. The van der Waals surface area contributed by atoms with Crippen molar-refractivity contribution in [2.24, 2.45) is 0 Å². The monoisotopic (exact) mass is 167 g/mol. The Bertz CT molecular complexity index is 262. The second-order valence-electron chi connectivity index (χ2n) is 2.53. The molecule has 1 aromatic heterocycles. The van der Waals surface area contributed by atoms with Crippen molar-refractivity contribution in [2.75, 3.05) is 0 Å². The zero-order chi connectivity index (χ0) is 8.81. The van der Waals surface area contributed by atoms with Gasteiger partial charge in [0, 0.05) is 12.6 Å². The maximum absolute atomic E-state index is 12.9. The third-order valence-electron chi connectivity index (χ3n) is 1.62. The first kappa shape index (κ1) is 8.84. The summed E-state index contributed by atoms with van der Waals surface area (Å²) in [6.45, 7) is 0. The Morgan fingerprint density at radius 1 is 1.58 bits per heavy atom. The average molecular weight is 167 g/mol. The van der Waals surface area contributed by atoms with E-state index in [2.05, 4.69) is 4.98 Å². The van der Waals surface area contributed by atoms with Crippen LogP contribution in [0.4, 0.5) is 4.39 Å². The Balaban J connectivity index is 2.51. The second kappa shape index (κ2) is 4.59. The van der Waals surface area contributed by atoms with Crippen LogP contribution < -0.4 is 0 Å². The summed E-state index contributed by atoms with van der Waals surface area (Å²) in [7, 11) is 0. The number of aryl methyl sites for hydroxylation is 1. The van der Waals surface area contributed by atoms with E-state index in [9.17, 15) is 9.18 Å². The first-order valence-corrected chi connectivity index (χ1v) is 3.86. The molecule has 0 amide bonds. The lowest BCUT2D eigenvalue weighted by atomic mass is 10.1. The summed E-state index contributed by atoms with van der Waals surface area (Å²) in [5, 5.41) is 0. The number of pyridine rings is 1. The van der Waals surface area contributed by atoms with Gasteiger partial charge in [0.1, 0.15) is 12.1 Å². The molecule has 0 fully saturated rings. The molecule has 0 aromatic carbocycles. The highest BCUT2D eigenvalue weighted by atomic mass is 19.1. The number of carbonyl (C=O) groups is 1. The number of aromatic nitrogens is 1. The highest BCUT2D eigenvalue weighted by Crippen LogP contribution is 2.07. The van der Waals surface area contributed by atoms with Crippen molar-refractivity contribution in [3.05, 3.63) is 29.8 Å². The van der Waals surface area contributed by atoms with Gasteiger partial charge in [0.15, 0.2) is 0 Å². The van der Waals surface area contributed by atoms with Crippen LogP contribution in [0.15, 0.2) is 18.5 Å². The smallest absolute Gasteiger partial charge is 0.144 e. The van der Waals surface area contributed by atoms with Crippen LogP contribution in [0, 0.1) is 5.82 Å². The Morgan fingerprint density at radius 2 is 2.42 bits per heavy atom. The second-order valence-corrected chi connectivity index (χ2v) is 2.53. The highest BCUT2D eigenvalue weighted by Gasteiger charge is 1.99. The Labute approximate surface area is 70.4 Å². The van der Waals surface area contributed by atoms with Crippen LogP contribution in [0.5, 0.6) is 0 Å². The van der Waals surface area contributed by atoms with Crippen LogP contribution in [0.1, 0.15) is 18.4 Å². The summed E-state index contributed by atoms with van der Waals surface area (Å²) in [4.78, 5) is 13.6. The van der Waals surface area contributed by atoms with Gasteiger partial charge in [-0.1, -0.05) is 0 Å². The lowest BCUT2D eigenvalue weighted by Gasteiger charge is -1.98. The average Bonchev–Trinajstić information content (AvgIpc) is 2.09. The van der Waals surface area contributed by atoms with E-state index in [4.69, 9.17) is 0 Å². The highest BCUT2D eigenvalue weighted by molar-refractivity contribution is 5.49. The van der Waals surface area contributed by atoms with Crippen molar-refractivity contribution in [2.45, 2.75) is 19.3 Å². The van der Waals surface area contributed by atoms with Crippen molar-refractivity contribution < 1.29 is 9.18 Å². The number of halogens is 1. The van der Waals surface area contributed by atoms with E-state index in [1.807, 2.05) is 0 Å². The summed E-state index contributed by atoms with van der Waals surface area (Å²) in [6, 6.07) is 1.64. The van der Waals surface area contributed by atoms with Gasteiger partial charge in [0.05, 0.1) is 6.20 Å². The van der Waals surface area contributed by atoms with Gasteiger partial charge >= 0.3 is 0 Å². The first-order valence-electron chi connectivity index (χ1n) is 3.86. The van der Waals surface area contributed by atoms with E-state index in [1.54, 1.807) is 12.3 Å². The molecule has 12 heavy (non-hydrogen) atoms. The third kappa shape index (κ3) is 2.42. The van der Waals surface area contributed by atoms with Gasteiger partial charge in [-0.25, -0.2) is 4.39 Å². The molecule has 0 aliphatic rings. The van der Waals surface area contributed by atoms with Crippen molar-refractivity contribution >= 4 is 6.29 Å². The van der Waals surface area contributed by atoms with Crippen LogP contribution in [0.25, 0.3) is 0 Å². The molecule has 0 unspecified atom stereocenters. The number of hydrogen-bond acceptors (Lipinski definition) is 2. The third-order valence-corrected chi connectivity index (χ3v) is 1.62. The van der Waals surface area contributed by atoms with Gasteiger partial charge in [0.2, 0.25) is 0 Å². The topological polar surface area (TPSA) is 30.0 Å². The molecule has 2 nitrogen and oxygen atoms in total. The van der Waals surface area contributed by atoms with Gasteiger partial charge in [0.25, 0.3) is 0 Å². The molecule has 1 rings (SSSR count). The number of carbonyl (C=O) groups excluding carboxylic acids is 1. The largest absolute Gasteiger partial charge is 0.303 e. The Hall–Kier alpha value is -1.25. The summed E-state index contributed by atoms with van der Waals surface area (Å²) < 4.78 is 12.9. The fourth-order valence-electron chi connectivity index (χ4n) is 0.983. The van der Waals surface area contributed by atoms with Crippen LogP contribution in [0.2, 0.25) is 0 Å². The summed E-state index contributed by atoms with van der Waals surface area (Å²) in [6.07, 6.45) is 5.38.